The molecule has 2 rings (SSSR count). The number of rotatable bonds is 4. The molecule has 0 aliphatic carbocycles. The molecule has 2 aromatic rings. The van der Waals surface area contributed by atoms with Crippen LogP contribution in [-0.2, 0) is 10.8 Å². The van der Waals surface area contributed by atoms with Crippen LogP contribution in [0.4, 0.5) is 11.4 Å². The van der Waals surface area contributed by atoms with Crippen molar-refractivity contribution in [1.29, 1.82) is 0 Å². The Morgan fingerprint density at radius 2 is 1.07 bits per heavy atom. The summed E-state index contributed by atoms with van der Waals surface area (Å²) in [4.78, 5) is 2.32. The van der Waals surface area contributed by atoms with E-state index in [1.54, 1.807) is 0 Å². The number of hydrogen-bond acceptors (Lipinski definition) is 1. The first kappa shape index (κ1) is 21.0. The second kappa shape index (κ2) is 8.17. The van der Waals surface area contributed by atoms with Crippen molar-refractivity contribution in [3.8, 4) is 0 Å². The number of anilines is 2. The van der Waals surface area contributed by atoms with Gasteiger partial charge in [-0.25, -0.2) is 0 Å². The Kier molecular flexibility index (Phi) is 6.36. The minimum Gasteiger partial charge on any atom is -0.315 e. The van der Waals surface area contributed by atoms with Crippen molar-refractivity contribution in [2.45, 2.75) is 66.2 Å². The molecule has 27 heavy (non-hydrogen) atoms. The lowest BCUT2D eigenvalue weighted by atomic mass is 9.86. The molecule has 0 heterocycles. The zero-order valence-corrected chi connectivity index (χ0v) is 18.3. The fraction of sp³-hybridized carbons (Fsp3) is 0.385. The highest BCUT2D eigenvalue weighted by Gasteiger charge is 2.17. The molecule has 0 spiro atoms. The van der Waals surface area contributed by atoms with Crippen LogP contribution in [-0.4, -0.2) is 0 Å². The predicted molar refractivity (Wildman–Crippen MR) is 121 cm³/mol. The maximum atomic E-state index is 2.32. The lowest BCUT2D eigenvalue weighted by Gasteiger charge is -2.28. The van der Waals surface area contributed by atoms with Crippen LogP contribution in [0.2, 0.25) is 0 Å². The van der Waals surface area contributed by atoms with Gasteiger partial charge in [-0.3, -0.25) is 0 Å². The van der Waals surface area contributed by atoms with Gasteiger partial charge in [-0.2, -0.15) is 0 Å². The van der Waals surface area contributed by atoms with Crippen LogP contribution in [0.3, 0.4) is 0 Å². The van der Waals surface area contributed by atoms with E-state index in [4.69, 9.17) is 0 Å². The van der Waals surface area contributed by atoms with Gasteiger partial charge in [0.2, 0.25) is 0 Å². The van der Waals surface area contributed by atoms with Gasteiger partial charge in [0.05, 0.1) is 0 Å². The SMILES string of the molecule is C/C=C\C=C(/C)N(c1ccc(C(C)(C)C)cc1)c1ccc(C(C)(C)C)cc1. The van der Waals surface area contributed by atoms with Crippen molar-refractivity contribution < 1.29 is 0 Å². The van der Waals surface area contributed by atoms with E-state index in [1.165, 1.54) is 28.2 Å². The highest BCUT2D eigenvalue weighted by molar-refractivity contribution is 5.69. The van der Waals surface area contributed by atoms with Gasteiger partial charge in [0.15, 0.2) is 0 Å². The molecule has 1 heteroatoms. The van der Waals surface area contributed by atoms with Crippen LogP contribution in [0.5, 0.6) is 0 Å². The van der Waals surface area contributed by atoms with E-state index in [-0.39, 0.29) is 10.8 Å². The molecule has 0 amide bonds. The van der Waals surface area contributed by atoms with Crippen LogP contribution in [0.1, 0.15) is 66.5 Å². The lowest BCUT2D eigenvalue weighted by molar-refractivity contribution is 0.590. The van der Waals surface area contributed by atoms with Crippen molar-refractivity contribution >= 4 is 11.4 Å². The molecule has 0 fully saturated rings. The molecule has 0 saturated heterocycles. The third-order valence-corrected chi connectivity index (χ3v) is 4.87. The van der Waals surface area contributed by atoms with Gasteiger partial charge in [-0.15, -0.1) is 0 Å². The molecule has 0 unspecified atom stereocenters. The zero-order chi connectivity index (χ0) is 20.2. The van der Waals surface area contributed by atoms with Crippen LogP contribution >= 0.6 is 0 Å². The largest absolute Gasteiger partial charge is 0.315 e. The van der Waals surface area contributed by atoms with E-state index in [9.17, 15) is 0 Å². The normalized spacial score (nSPS) is 13.3. The number of nitrogens with zero attached hydrogens (tertiary/aromatic N) is 1. The molecule has 0 aliphatic heterocycles. The van der Waals surface area contributed by atoms with Gasteiger partial charge in [0.1, 0.15) is 0 Å². The molecule has 0 radical (unpaired) electrons. The van der Waals surface area contributed by atoms with E-state index in [0.717, 1.165) is 0 Å². The average molecular weight is 362 g/mol. The summed E-state index contributed by atoms with van der Waals surface area (Å²) >= 11 is 0. The Balaban J connectivity index is 2.49. The minimum atomic E-state index is 0.160. The van der Waals surface area contributed by atoms with Crippen molar-refractivity contribution in [3.63, 3.8) is 0 Å². The first-order valence-corrected chi connectivity index (χ1v) is 9.85. The predicted octanol–water partition coefficient (Wildman–Crippen LogP) is 7.90. The standard InChI is InChI=1S/C26H35N/c1-9-10-11-20(2)27(23-16-12-21(13-17-23)25(3,4)5)24-18-14-22(15-19-24)26(6,7)8/h9-19H,1-8H3/b10-9-,20-11+. The summed E-state index contributed by atoms with van der Waals surface area (Å²) < 4.78 is 0. The maximum Gasteiger partial charge on any atom is 0.0458 e. The Bertz CT molecular complexity index is 734. The van der Waals surface area contributed by atoms with Gasteiger partial charge in [0, 0.05) is 17.1 Å². The second-order valence-corrected chi connectivity index (χ2v) is 9.26. The monoisotopic (exact) mass is 361 g/mol. The molecule has 0 atom stereocenters. The summed E-state index contributed by atoms with van der Waals surface area (Å²) in [5.41, 5.74) is 6.59. The summed E-state index contributed by atoms with van der Waals surface area (Å²) in [5.74, 6) is 0. The fourth-order valence-corrected chi connectivity index (χ4v) is 3.09. The molecule has 2 aromatic carbocycles. The van der Waals surface area contributed by atoms with E-state index >= 15 is 0 Å². The average Bonchev–Trinajstić information content (AvgIpc) is 2.59. The van der Waals surface area contributed by atoms with Crippen molar-refractivity contribution in [2.75, 3.05) is 4.90 Å². The third kappa shape index (κ3) is 5.35. The molecule has 0 aliphatic rings. The topological polar surface area (TPSA) is 3.24 Å². The molecule has 0 N–H and O–H groups in total. The van der Waals surface area contributed by atoms with Crippen LogP contribution < -0.4 is 4.90 Å². The maximum absolute atomic E-state index is 2.32. The summed E-state index contributed by atoms with van der Waals surface area (Å²) in [6, 6.07) is 17.9. The highest BCUT2D eigenvalue weighted by atomic mass is 15.1. The number of allylic oxidation sites excluding steroid dienone is 4. The first-order chi connectivity index (χ1) is 12.5. The van der Waals surface area contributed by atoms with Crippen molar-refractivity contribution in [3.05, 3.63) is 83.6 Å². The van der Waals surface area contributed by atoms with Gasteiger partial charge >= 0.3 is 0 Å². The Morgan fingerprint density at radius 1 is 0.704 bits per heavy atom. The summed E-state index contributed by atoms with van der Waals surface area (Å²) in [6.07, 6.45) is 6.32. The highest BCUT2D eigenvalue weighted by Crippen LogP contribution is 2.33. The number of hydrogen-bond donors (Lipinski definition) is 0. The van der Waals surface area contributed by atoms with Gasteiger partial charge in [0.25, 0.3) is 0 Å². The molecule has 0 bridgehead atoms. The molecular formula is C26H35N. The van der Waals surface area contributed by atoms with Gasteiger partial charge in [-0.05, 0) is 66.1 Å². The summed E-state index contributed by atoms with van der Waals surface area (Å²) in [5, 5.41) is 0. The molecule has 0 aromatic heterocycles. The van der Waals surface area contributed by atoms with E-state index in [0.29, 0.717) is 0 Å². The zero-order valence-electron chi connectivity index (χ0n) is 18.3. The Morgan fingerprint density at radius 3 is 1.37 bits per heavy atom. The molecule has 144 valence electrons. The number of benzene rings is 2. The van der Waals surface area contributed by atoms with Gasteiger partial charge < -0.3 is 4.90 Å². The van der Waals surface area contributed by atoms with Crippen molar-refractivity contribution in [1.82, 2.24) is 0 Å². The summed E-state index contributed by atoms with van der Waals surface area (Å²) in [7, 11) is 0. The van der Waals surface area contributed by atoms with Crippen LogP contribution in [0.15, 0.2) is 72.5 Å². The molecular weight excluding hydrogens is 326 g/mol. The Hall–Kier alpha value is -2.28. The van der Waals surface area contributed by atoms with Crippen molar-refractivity contribution in [2.24, 2.45) is 0 Å². The third-order valence-electron chi connectivity index (χ3n) is 4.87. The van der Waals surface area contributed by atoms with Crippen LogP contribution in [0, 0.1) is 0 Å². The minimum absolute atomic E-state index is 0.160. The van der Waals surface area contributed by atoms with E-state index in [2.05, 4.69) is 120 Å². The van der Waals surface area contributed by atoms with E-state index in [1.807, 2.05) is 6.92 Å². The summed E-state index contributed by atoms with van der Waals surface area (Å²) in [6.45, 7) is 17.7. The second-order valence-electron chi connectivity index (χ2n) is 9.26. The smallest absolute Gasteiger partial charge is 0.0458 e. The van der Waals surface area contributed by atoms with Gasteiger partial charge in [-0.1, -0.05) is 78.0 Å². The Labute approximate surface area is 166 Å². The van der Waals surface area contributed by atoms with E-state index < -0.39 is 0 Å². The molecule has 1 nitrogen and oxygen atoms in total. The fourth-order valence-electron chi connectivity index (χ4n) is 3.09. The molecule has 0 saturated carbocycles. The quantitative estimate of drug-likeness (QED) is 0.500. The first-order valence-electron chi connectivity index (χ1n) is 9.85. The lowest BCUT2D eigenvalue weighted by Crippen LogP contribution is -2.16. The van der Waals surface area contributed by atoms with Crippen LogP contribution in [0.25, 0.3) is 0 Å².